The van der Waals surface area contributed by atoms with Gasteiger partial charge in [-0.05, 0) is 12.1 Å². The first-order valence-corrected chi connectivity index (χ1v) is 6.75. The molecule has 0 radical (unpaired) electrons. The molecule has 1 fully saturated rings. The molecular weight excluding hydrogens is 272 g/mol. The highest BCUT2D eigenvalue weighted by Crippen LogP contribution is 2.06. The predicted octanol–water partition coefficient (Wildman–Crippen LogP) is 0.412. The van der Waals surface area contributed by atoms with E-state index in [0.717, 1.165) is 5.69 Å². The van der Waals surface area contributed by atoms with Crippen molar-refractivity contribution in [2.24, 2.45) is 0 Å². The minimum absolute atomic E-state index is 0.0870. The van der Waals surface area contributed by atoms with Gasteiger partial charge in [0.2, 0.25) is 0 Å². The third kappa shape index (κ3) is 3.45. The van der Waals surface area contributed by atoms with E-state index < -0.39 is 0 Å². The van der Waals surface area contributed by atoms with E-state index in [1.54, 1.807) is 23.3 Å². The summed E-state index contributed by atoms with van der Waals surface area (Å²) in [7, 11) is 0. The van der Waals surface area contributed by atoms with Gasteiger partial charge in [0.05, 0.1) is 49.6 Å². The molecule has 0 aliphatic carbocycles. The molecule has 3 rings (SSSR count). The third-order valence-corrected chi connectivity index (χ3v) is 3.13. The van der Waals surface area contributed by atoms with Gasteiger partial charge in [0, 0.05) is 18.9 Å². The maximum absolute atomic E-state index is 12.1. The highest BCUT2D eigenvalue weighted by molar-refractivity contribution is 5.93. The van der Waals surface area contributed by atoms with Crippen LogP contribution in [0.3, 0.4) is 0 Å². The molecule has 1 amide bonds. The van der Waals surface area contributed by atoms with Crippen LogP contribution in [0.1, 0.15) is 10.4 Å². The Kier molecular flexibility index (Phi) is 4.23. The van der Waals surface area contributed by atoms with Crippen molar-refractivity contribution < 1.29 is 14.3 Å². The third-order valence-electron chi connectivity index (χ3n) is 3.13. The first kappa shape index (κ1) is 13.7. The number of hydrogen-bond donors (Lipinski definition) is 1. The van der Waals surface area contributed by atoms with E-state index in [1.165, 1.54) is 6.20 Å². The second-order valence-corrected chi connectivity index (χ2v) is 4.66. The molecule has 110 valence electrons. The van der Waals surface area contributed by atoms with Crippen molar-refractivity contribution in [2.45, 2.75) is 6.10 Å². The molecule has 0 aromatic carbocycles. The van der Waals surface area contributed by atoms with Gasteiger partial charge in [-0.25, -0.2) is 4.68 Å². The molecule has 1 atom stereocenters. The van der Waals surface area contributed by atoms with Crippen molar-refractivity contribution in [1.29, 1.82) is 0 Å². The molecule has 1 aliphatic rings. The van der Waals surface area contributed by atoms with E-state index >= 15 is 0 Å². The Morgan fingerprint density at radius 2 is 2.38 bits per heavy atom. The maximum Gasteiger partial charge on any atom is 0.254 e. The molecule has 0 bridgehead atoms. The normalized spacial score (nSPS) is 18.4. The van der Waals surface area contributed by atoms with Gasteiger partial charge in [-0.15, -0.1) is 0 Å². The highest BCUT2D eigenvalue weighted by Gasteiger charge is 2.16. The summed E-state index contributed by atoms with van der Waals surface area (Å²) in [6, 6.07) is 3.69. The lowest BCUT2D eigenvalue weighted by molar-refractivity contribution is -0.0855. The molecule has 0 saturated carbocycles. The Morgan fingerprint density at radius 3 is 3.14 bits per heavy atom. The molecular formula is C14H16N4O3. The van der Waals surface area contributed by atoms with Gasteiger partial charge >= 0.3 is 0 Å². The summed E-state index contributed by atoms with van der Waals surface area (Å²) in [5, 5.41) is 6.98. The number of hydrogen-bond acceptors (Lipinski definition) is 5. The van der Waals surface area contributed by atoms with Gasteiger partial charge < -0.3 is 14.8 Å². The summed E-state index contributed by atoms with van der Waals surface area (Å²) in [4.78, 5) is 16.1. The van der Waals surface area contributed by atoms with E-state index in [2.05, 4.69) is 15.4 Å². The molecule has 3 heterocycles. The standard InChI is InChI=1S/C14H16N4O3/c19-14(16-8-13-10-20-4-5-21-13)11-6-17-18(9-11)12-2-1-3-15-7-12/h1-3,6-7,9,13H,4-5,8,10H2,(H,16,19). The maximum atomic E-state index is 12.1. The van der Waals surface area contributed by atoms with Gasteiger partial charge in [0.25, 0.3) is 5.91 Å². The van der Waals surface area contributed by atoms with Gasteiger partial charge in [-0.1, -0.05) is 0 Å². The number of aromatic nitrogens is 3. The SMILES string of the molecule is O=C(NCC1COCCO1)c1cnn(-c2cccnc2)c1. The van der Waals surface area contributed by atoms with Crippen LogP contribution in [0.25, 0.3) is 5.69 Å². The highest BCUT2D eigenvalue weighted by atomic mass is 16.6. The van der Waals surface area contributed by atoms with Crippen molar-refractivity contribution in [1.82, 2.24) is 20.1 Å². The van der Waals surface area contributed by atoms with Crippen LogP contribution < -0.4 is 5.32 Å². The smallest absolute Gasteiger partial charge is 0.254 e. The topological polar surface area (TPSA) is 78.3 Å². The second kappa shape index (κ2) is 6.47. The molecule has 1 aliphatic heterocycles. The van der Waals surface area contributed by atoms with Crippen LogP contribution in [-0.2, 0) is 9.47 Å². The van der Waals surface area contributed by atoms with Crippen LogP contribution >= 0.6 is 0 Å². The summed E-state index contributed by atoms with van der Waals surface area (Å²) >= 11 is 0. The number of carbonyl (C=O) groups excluding carboxylic acids is 1. The van der Waals surface area contributed by atoms with Crippen molar-refractivity contribution in [3.05, 3.63) is 42.5 Å². The zero-order chi connectivity index (χ0) is 14.5. The largest absolute Gasteiger partial charge is 0.376 e. The quantitative estimate of drug-likeness (QED) is 0.881. The molecule has 1 N–H and O–H groups in total. The van der Waals surface area contributed by atoms with Crippen LogP contribution in [0.5, 0.6) is 0 Å². The van der Waals surface area contributed by atoms with Crippen LogP contribution in [0.2, 0.25) is 0 Å². The number of amides is 1. The fourth-order valence-corrected chi connectivity index (χ4v) is 2.03. The second-order valence-electron chi connectivity index (χ2n) is 4.66. The molecule has 0 spiro atoms. The number of nitrogens with one attached hydrogen (secondary N) is 1. The number of pyridine rings is 1. The lowest BCUT2D eigenvalue weighted by atomic mass is 10.3. The first-order chi connectivity index (χ1) is 10.3. The summed E-state index contributed by atoms with van der Waals surface area (Å²) < 4.78 is 12.4. The van der Waals surface area contributed by atoms with Gasteiger partial charge in [-0.3, -0.25) is 9.78 Å². The predicted molar refractivity (Wildman–Crippen MR) is 74.3 cm³/mol. The van der Waals surface area contributed by atoms with Crippen LogP contribution in [0.4, 0.5) is 0 Å². The number of rotatable bonds is 4. The minimum Gasteiger partial charge on any atom is -0.376 e. The molecule has 2 aromatic rings. The Hall–Kier alpha value is -2.25. The van der Waals surface area contributed by atoms with Crippen molar-refractivity contribution in [3.8, 4) is 5.69 Å². The van der Waals surface area contributed by atoms with E-state index in [1.807, 2.05) is 12.1 Å². The first-order valence-electron chi connectivity index (χ1n) is 6.75. The fraction of sp³-hybridized carbons (Fsp3) is 0.357. The summed E-state index contributed by atoms with van der Waals surface area (Å²) in [6.07, 6.45) is 6.48. The van der Waals surface area contributed by atoms with Crippen LogP contribution in [-0.4, -0.2) is 53.1 Å². The van der Waals surface area contributed by atoms with Gasteiger partial charge in [-0.2, -0.15) is 5.10 Å². The molecule has 7 heteroatoms. The van der Waals surface area contributed by atoms with Crippen LogP contribution in [0, 0.1) is 0 Å². The molecule has 21 heavy (non-hydrogen) atoms. The molecule has 1 unspecified atom stereocenters. The van der Waals surface area contributed by atoms with Gasteiger partial charge in [0.1, 0.15) is 0 Å². The average Bonchev–Trinajstić information content (AvgIpc) is 3.04. The zero-order valence-corrected chi connectivity index (χ0v) is 11.4. The zero-order valence-electron chi connectivity index (χ0n) is 11.4. The summed E-state index contributed by atoms with van der Waals surface area (Å²) in [5.41, 5.74) is 1.30. The van der Waals surface area contributed by atoms with Crippen molar-refractivity contribution in [3.63, 3.8) is 0 Å². The van der Waals surface area contributed by atoms with E-state index in [-0.39, 0.29) is 12.0 Å². The lowest BCUT2D eigenvalue weighted by Crippen LogP contribution is -2.39. The van der Waals surface area contributed by atoms with Crippen LogP contribution in [0.15, 0.2) is 36.9 Å². The van der Waals surface area contributed by atoms with E-state index in [0.29, 0.717) is 31.9 Å². The van der Waals surface area contributed by atoms with Crippen molar-refractivity contribution in [2.75, 3.05) is 26.4 Å². The average molecular weight is 288 g/mol. The van der Waals surface area contributed by atoms with E-state index in [9.17, 15) is 4.79 Å². The minimum atomic E-state index is -0.181. The molecule has 1 saturated heterocycles. The van der Waals surface area contributed by atoms with Gasteiger partial charge in [0.15, 0.2) is 0 Å². The van der Waals surface area contributed by atoms with E-state index in [4.69, 9.17) is 9.47 Å². The summed E-state index contributed by atoms with van der Waals surface area (Å²) in [5.74, 6) is -0.181. The molecule has 2 aromatic heterocycles. The Bertz CT molecular complexity index is 593. The molecule has 7 nitrogen and oxygen atoms in total. The Labute approximate surface area is 121 Å². The fourth-order valence-electron chi connectivity index (χ4n) is 2.03. The summed E-state index contributed by atoms with van der Waals surface area (Å²) in [6.45, 7) is 2.12. The Balaban J connectivity index is 1.59. The number of carbonyl (C=O) groups is 1. The monoisotopic (exact) mass is 288 g/mol. The number of nitrogens with zero attached hydrogens (tertiary/aromatic N) is 3. The number of ether oxygens (including phenoxy) is 2. The Morgan fingerprint density at radius 1 is 1.43 bits per heavy atom. The van der Waals surface area contributed by atoms with Crippen molar-refractivity contribution >= 4 is 5.91 Å². The lowest BCUT2D eigenvalue weighted by Gasteiger charge is -2.22.